The average Bonchev–Trinajstić information content (AvgIpc) is 2.54. The molecular weight excluding hydrogens is 181 g/mol. The second-order valence-electron chi connectivity index (χ2n) is 3.17. The lowest BCUT2D eigenvalue weighted by atomic mass is 10.2. The van der Waals surface area contributed by atoms with Gasteiger partial charge in [-0.15, -0.1) is 0 Å². The minimum Gasteiger partial charge on any atom is -0.491 e. The lowest BCUT2D eigenvalue weighted by Gasteiger charge is -2.05. The van der Waals surface area contributed by atoms with Crippen LogP contribution in [0.4, 0.5) is 4.39 Å². The minimum atomic E-state index is -0.273. The molecule has 0 aliphatic rings. The van der Waals surface area contributed by atoms with Gasteiger partial charge >= 0.3 is 0 Å². The van der Waals surface area contributed by atoms with Crippen molar-refractivity contribution in [3.8, 4) is 5.75 Å². The smallest absolute Gasteiger partial charge is 0.174 e. The summed E-state index contributed by atoms with van der Waals surface area (Å²) < 4.78 is 20.8. The van der Waals surface area contributed by atoms with Crippen LogP contribution in [0.15, 0.2) is 24.4 Å². The summed E-state index contributed by atoms with van der Waals surface area (Å²) >= 11 is 0. The van der Waals surface area contributed by atoms with Crippen molar-refractivity contribution in [2.75, 3.05) is 6.61 Å². The van der Waals surface area contributed by atoms with E-state index in [1.807, 2.05) is 30.8 Å². The number of aryl methyl sites for hydroxylation is 1. The molecule has 0 atom stereocenters. The van der Waals surface area contributed by atoms with E-state index in [1.54, 1.807) is 12.1 Å². The zero-order valence-electron chi connectivity index (χ0n) is 8.25. The number of nitrogens with zero attached hydrogens (tertiary/aromatic N) is 1. The molecule has 74 valence electrons. The van der Waals surface area contributed by atoms with Crippen molar-refractivity contribution in [1.29, 1.82) is 0 Å². The van der Waals surface area contributed by atoms with Crippen LogP contribution in [-0.2, 0) is 7.05 Å². The normalized spacial score (nSPS) is 10.8. The molecule has 0 fully saturated rings. The molecule has 0 saturated heterocycles. The monoisotopic (exact) mass is 193 g/mol. The van der Waals surface area contributed by atoms with E-state index >= 15 is 0 Å². The van der Waals surface area contributed by atoms with E-state index in [4.69, 9.17) is 4.74 Å². The molecule has 2 aromatic rings. The van der Waals surface area contributed by atoms with Crippen LogP contribution in [0, 0.1) is 5.82 Å². The van der Waals surface area contributed by atoms with Gasteiger partial charge in [-0.25, -0.2) is 4.39 Å². The Kier molecular flexibility index (Phi) is 2.15. The zero-order valence-corrected chi connectivity index (χ0v) is 8.25. The van der Waals surface area contributed by atoms with Crippen LogP contribution in [0.3, 0.4) is 0 Å². The highest BCUT2D eigenvalue weighted by molar-refractivity contribution is 5.82. The first-order chi connectivity index (χ1) is 6.74. The molecule has 0 radical (unpaired) electrons. The molecule has 1 heterocycles. The highest BCUT2D eigenvalue weighted by Gasteiger charge is 2.09. The Balaban J connectivity index is 2.63. The Hall–Kier alpha value is -1.51. The number of rotatable bonds is 2. The van der Waals surface area contributed by atoms with Crippen molar-refractivity contribution in [3.63, 3.8) is 0 Å². The van der Waals surface area contributed by atoms with Crippen LogP contribution in [0.2, 0.25) is 0 Å². The molecule has 14 heavy (non-hydrogen) atoms. The summed E-state index contributed by atoms with van der Waals surface area (Å²) in [6.45, 7) is 2.32. The second kappa shape index (κ2) is 3.33. The maximum Gasteiger partial charge on any atom is 0.174 e. The SMILES string of the molecule is CCOc1ccc2c(ccn2C)c1F. The lowest BCUT2D eigenvalue weighted by molar-refractivity contribution is 0.323. The molecule has 0 aliphatic carbocycles. The van der Waals surface area contributed by atoms with Gasteiger partial charge in [0, 0.05) is 18.6 Å². The largest absolute Gasteiger partial charge is 0.491 e. The third kappa shape index (κ3) is 1.25. The Morgan fingerprint density at radius 3 is 2.86 bits per heavy atom. The van der Waals surface area contributed by atoms with Gasteiger partial charge in [0.2, 0.25) is 0 Å². The van der Waals surface area contributed by atoms with Gasteiger partial charge in [0.15, 0.2) is 11.6 Å². The van der Waals surface area contributed by atoms with Crippen LogP contribution >= 0.6 is 0 Å². The molecule has 2 rings (SSSR count). The molecule has 1 aromatic heterocycles. The summed E-state index contributed by atoms with van der Waals surface area (Å²) in [4.78, 5) is 0. The summed E-state index contributed by atoms with van der Waals surface area (Å²) in [5, 5.41) is 0.610. The fraction of sp³-hybridized carbons (Fsp3) is 0.273. The highest BCUT2D eigenvalue weighted by atomic mass is 19.1. The first-order valence-electron chi connectivity index (χ1n) is 4.60. The number of aromatic nitrogens is 1. The van der Waals surface area contributed by atoms with Crippen molar-refractivity contribution < 1.29 is 9.13 Å². The molecule has 0 N–H and O–H groups in total. The standard InChI is InChI=1S/C11H12FNO/c1-3-14-10-5-4-9-8(11(10)12)6-7-13(9)2/h4-7H,3H2,1-2H3. The Morgan fingerprint density at radius 2 is 2.14 bits per heavy atom. The van der Waals surface area contributed by atoms with Gasteiger partial charge in [-0.05, 0) is 25.1 Å². The van der Waals surface area contributed by atoms with Crippen LogP contribution < -0.4 is 4.74 Å². The number of hydrogen-bond acceptors (Lipinski definition) is 1. The van der Waals surface area contributed by atoms with E-state index in [0.717, 1.165) is 5.52 Å². The van der Waals surface area contributed by atoms with E-state index in [0.29, 0.717) is 17.7 Å². The summed E-state index contributed by atoms with van der Waals surface area (Å²) in [5.74, 6) is 0.0520. The third-order valence-corrected chi connectivity index (χ3v) is 2.27. The summed E-state index contributed by atoms with van der Waals surface area (Å²) in [7, 11) is 1.89. The molecule has 0 amide bonds. The fourth-order valence-corrected chi connectivity index (χ4v) is 1.56. The third-order valence-electron chi connectivity index (χ3n) is 2.27. The fourth-order valence-electron chi connectivity index (χ4n) is 1.56. The first-order valence-corrected chi connectivity index (χ1v) is 4.60. The van der Waals surface area contributed by atoms with Gasteiger partial charge in [0.1, 0.15) is 0 Å². The Bertz CT molecular complexity index is 462. The van der Waals surface area contributed by atoms with Crippen molar-refractivity contribution in [1.82, 2.24) is 4.57 Å². The maximum absolute atomic E-state index is 13.7. The molecule has 0 saturated carbocycles. The van der Waals surface area contributed by atoms with E-state index in [-0.39, 0.29) is 5.82 Å². The van der Waals surface area contributed by atoms with Crippen molar-refractivity contribution in [2.24, 2.45) is 7.05 Å². The molecule has 3 heteroatoms. The van der Waals surface area contributed by atoms with Gasteiger partial charge in [0.25, 0.3) is 0 Å². The van der Waals surface area contributed by atoms with Gasteiger partial charge < -0.3 is 9.30 Å². The second-order valence-corrected chi connectivity index (χ2v) is 3.17. The average molecular weight is 193 g/mol. The van der Waals surface area contributed by atoms with Gasteiger partial charge in [-0.1, -0.05) is 0 Å². The van der Waals surface area contributed by atoms with Crippen molar-refractivity contribution >= 4 is 10.9 Å². The minimum absolute atomic E-state index is 0.273. The van der Waals surface area contributed by atoms with Gasteiger partial charge in [-0.3, -0.25) is 0 Å². The Morgan fingerprint density at radius 1 is 1.36 bits per heavy atom. The summed E-state index contributed by atoms with van der Waals surface area (Å²) in [6.07, 6.45) is 1.84. The van der Waals surface area contributed by atoms with Crippen LogP contribution in [0.25, 0.3) is 10.9 Å². The number of halogens is 1. The predicted molar refractivity (Wildman–Crippen MR) is 54.0 cm³/mol. The van der Waals surface area contributed by atoms with Crippen molar-refractivity contribution in [2.45, 2.75) is 6.92 Å². The summed E-state index contributed by atoms with van der Waals surface area (Å²) in [6, 6.07) is 5.29. The molecular formula is C11H12FNO. The molecule has 0 bridgehead atoms. The highest BCUT2D eigenvalue weighted by Crippen LogP contribution is 2.26. The topological polar surface area (TPSA) is 14.2 Å². The number of fused-ring (bicyclic) bond motifs is 1. The quantitative estimate of drug-likeness (QED) is 0.715. The van der Waals surface area contributed by atoms with Crippen LogP contribution in [0.1, 0.15) is 6.92 Å². The Labute approximate surface area is 81.9 Å². The van der Waals surface area contributed by atoms with Gasteiger partial charge in [-0.2, -0.15) is 0 Å². The van der Waals surface area contributed by atoms with Gasteiger partial charge in [0.05, 0.1) is 12.1 Å². The molecule has 1 aromatic carbocycles. The number of hydrogen-bond donors (Lipinski definition) is 0. The molecule has 2 nitrogen and oxygen atoms in total. The lowest BCUT2D eigenvalue weighted by Crippen LogP contribution is -1.95. The van der Waals surface area contributed by atoms with E-state index in [9.17, 15) is 4.39 Å². The maximum atomic E-state index is 13.7. The zero-order chi connectivity index (χ0) is 10.1. The van der Waals surface area contributed by atoms with E-state index < -0.39 is 0 Å². The first kappa shape index (κ1) is 9.06. The molecule has 0 aliphatic heterocycles. The number of benzene rings is 1. The predicted octanol–water partition coefficient (Wildman–Crippen LogP) is 2.72. The summed E-state index contributed by atoms with van der Waals surface area (Å²) in [5.41, 5.74) is 0.881. The van der Waals surface area contributed by atoms with Crippen LogP contribution in [0.5, 0.6) is 5.75 Å². The molecule has 0 spiro atoms. The van der Waals surface area contributed by atoms with Crippen molar-refractivity contribution in [3.05, 3.63) is 30.2 Å². The van der Waals surface area contributed by atoms with Crippen LogP contribution in [-0.4, -0.2) is 11.2 Å². The van der Waals surface area contributed by atoms with E-state index in [1.165, 1.54) is 0 Å². The number of ether oxygens (including phenoxy) is 1. The molecule has 0 unspecified atom stereocenters. The van der Waals surface area contributed by atoms with E-state index in [2.05, 4.69) is 0 Å².